The molecule has 3 N–H and O–H groups in total. The highest BCUT2D eigenvalue weighted by Crippen LogP contribution is 2.26. The number of benzene rings is 1. The van der Waals surface area contributed by atoms with Gasteiger partial charge in [0.2, 0.25) is 11.9 Å². The second kappa shape index (κ2) is 5.27. The molecule has 0 radical (unpaired) electrons. The number of anilines is 1. The van der Waals surface area contributed by atoms with Crippen LogP contribution in [0.1, 0.15) is 33.7 Å². The van der Waals surface area contributed by atoms with E-state index in [1.807, 2.05) is 39.8 Å². The number of nitrogens with two attached hydrogens (primary N) is 1. The SMILES string of the molecule is COc1ccc2c(c1)nc(N)n2C(C)C(=O)NC(C)(C)C. The van der Waals surface area contributed by atoms with Crippen LogP contribution in [-0.4, -0.2) is 28.1 Å². The minimum Gasteiger partial charge on any atom is -0.497 e. The van der Waals surface area contributed by atoms with E-state index < -0.39 is 6.04 Å². The van der Waals surface area contributed by atoms with E-state index in [4.69, 9.17) is 10.5 Å². The fourth-order valence-electron chi connectivity index (χ4n) is 2.22. The number of carbonyl (C=O) groups is 1. The van der Waals surface area contributed by atoms with Crippen LogP contribution in [0.25, 0.3) is 11.0 Å². The Morgan fingerprint density at radius 3 is 2.67 bits per heavy atom. The Morgan fingerprint density at radius 2 is 2.10 bits per heavy atom. The third-order valence-corrected chi connectivity index (χ3v) is 3.19. The van der Waals surface area contributed by atoms with Crippen molar-refractivity contribution in [2.24, 2.45) is 0 Å². The monoisotopic (exact) mass is 290 g/mol. The standard InChI is InChI=1S/C15H22N4O2/c1-9(13(20)18-15(2,3)4)19-12-7-6-10(21-5)8-11(12)17-14(19)16/h6-9H,1-5H3,(H2,16,17)(H,18,20). The number of nitrogens with one attached hydrogen (secondary N) is 1. The predicted octanol–water partition coefficient (Wildman–Crippen LogP) is 2.10. The highest BCUT2D eigenvalue weighted by Gasteiger charge is 2.23. The zero-order valence-corrected chi connectivity index (χ0v) is 13.1. The molecule has 1 atom stereocenters. The van der Waals surface area contributed by atoms with Gasteiger partial charge in [-0.3, -0.25) is 9.36 Å². The lowest BCUT2D eigenvalue weighted by Crippen LogP contribution is -2.43. The minimum atomic E-state index is -0.442. The number of hydrogen-bond donors (Lipinski definition) is 2. The lowest BCUT2D eigenvalue weighted by molar-refractivity contribution is -0.125. The van der Waals surface area contributed by atoms with Crippen molar-refractivity contribution in [2.45, 2.75) is 39.3 Å². The molecule has 0 aliphatic rings. The van der Waals surface area contributed by atoms with E-state index in [9.17, 15) is 4.79 Å². The van der Waals surface area contributed by atoms with Crippen molar-refractivity contribution in [1.29, 1.82) is 0 Å². The molecule has 0 spiro atoms. The third-order valence-electron chi connectivity index (χ3n) is 3.19. The van der Waals surface area contributed by atoms with Crippen molar-refractivity contribution in [1.82, 2.24) is 14.9 Å². The summed E-state index contributed by atoms with van der Waals surface area (Å²) in [4.78, 5) is 16.6. The van der Waals surface area contributed by atoms with E-state index in [0.29, 0.717) is 17.2 Å². The van der Waals surface area contributed by atoms with Gasteiger partial charge in [-0.15, -0.1) is 0 Å². The Balaban J connectivity index is 2.41. The second-order valence-electron chi connectivity index (χ2n) is 6.11. The van der Waals surface area contributed by atoms with Crippen molar-refractivity contribution < 1.29 is 9.53 Å². The fourth-order valence-corrected chi connectivity index (χ4v) is 2.22. The molecular weight excluding hydrogens is 268 g/mol. The molecule has 114 valence electrons. The van der Waals surface area contributed by atoms with Crippen LogP contribution in [0.15, 0.2) is 18.2 Å². The molecule has 1 unspecified atom stereocenters. The number of amides is 1. The summed E-state index contributed by atoms with van der Waals surface area (Å²) < 4.78 is 6.91. The van der Waals surface area contributed by atoms with Crippen molar-refractivity contribution in [3.63, 3.8) is 0 Å². The first-order valence-electron chi connectivity index (χ1n) is 6.86. The molecule has 2 rings (SSSR count). The number of fused-ring (bicyclic) bond motifs is 1. The number of nitrogens with zero attached hydrogens (tertiary/aromatic N) is 2. The molecule has 1 heterocycles. The Bertz CT molecular complexity index is 670. The van der Waals surface area contributed by atoms with Gasteiger partial charge in [-0.05, 0) is 39.8 Å². The molecule has 1 aromatic heterocycles. The maximum absolute atomic E-state index is 12.3. The largest absolute Gasteiger partial charge is 0.497 e. The van der Waals surface area contributed by atoms with E-state index in [1.54, 1.807) is 17.7 Å². The maximum Gasteiger partial charge on any atom is 0.243 e. The quantitative estimate of drug-likeness (QED) is 0.907. The van der Waals surface area contributed by atoms with Gasteiger partial charge < -0.3 is 15.8 Å². The van der Waals surface area contributed by atoms with Gasteiger partial charge in [-0.1, -0.05) is 0 Å². The summed E-state index contributed by atoms with van der Waals surface area (Å²) in [6.07, 6.45) is 0. The summed E-state index contributed by atoms with van der Waals surface area (Å²) in [6, 6.07) is 5.05. The molecule has 1 amide bonds. The Morgan fingerprint density at radius 1 is 1.43 bits per heavy atom. The first-order valence-corrected chi connectivity index (χ1v) is 6.86. The van der Waals surface area contributed by atoms with Crippen molar-refractivity contribution in [3.8, 4) is 5.75 Å². The number of methoxy groups -OCH3 is 1. The van der Waals surface area contributed by atoms with Crippen LogP contribution in [0, 0.1) is 0 Å². The molecule has 0 fully saturated rings. The lowest BCUT2D eigenvalue weighted by Gasteiger charge is -2.24. The van der Waals surface area contributed by atoms with Gasteiger partial charge in [0.15, 0.2) is 0 Å². The van der Waals surface area contributed by atoms with Crippen LogP contribution < -0.4 is 15.8 Å². The zero-order chi connectivity index (χ0) is 15.8. The number of hydrogen-bond acceptors (Lipinski definition) is 4. The molecular formula is C15H22N4O2. The van der Waals surface area contributed by atoms with E-state index in [2.05, 4.69) is 10.3 Å². The Labute approximate surface area is 124 Å². The first-order chi connectivity index (χ1) is 9.73. The highest BCUT2D eigenvalue weighted by molar-refractivity contribution is 5.86. The topological polar surface area (TPSA) is 82.2 Å². The molecule has 6 heteroatoms. The molecule has 0 saturated carbocycles. The number of imidazole rings is 1. The molecule has 1 aromatic carbocycles. The molecule has 6 nitrogen and oxygen atoms in total. The lowest BCUT2D eigenvalue weighted by atomic mass is 10.1. The van der Waals surface area contributed by atoms with Crippen molar-refractivity contribution >= 4 is 22.9 Å². The zero-order valence-electron chi connectivity index (χ0n) is 13.1. The third kappa shape index (κ3) is 3.09. The van der Waals surface area contributed by atoms with Crippen LogP contribution in [0.4, 0.5) is 5.95 Å². The summed E-state index contributed by atoms with van der Waals surface area (Å²) in [7, 11) is 1.60. The van der Waals surface area contributed by atoms with E-state index in [0.717, 1.165) is 5.52 Å². The Kier molecular flexibility index (Phi) is 3.80. The van der Waals surface area contributed by atoms with E-state index in [-0.39, 0.29) is 11.4 Å². The predicted molar refractivity (Wildman–Crippen MR) is 83.3 cm³/mol. The van der Waals surface area contributed by atoms with Gasteiger partial charge in [-0.2, -0.15) is 0 Å². The van der Waals surface area contributed by atoms with Gasteiger partial charge in [-0.25, -0.2) is 4.98 Å². The van der Waals surface area contributed by atoms with Gasteiger partial charge in [0, 0.05) is 11.6 Å². The van der Waals surface area contributed by atoms with E-state index >= 15 is 0 Å². The molecule has 0 bridgehead atoms. The number of rotatable bonds is 3. The van der Waals surface area contributed by atoms with Crippen LogP contribution in [0.3, 0.4) is 0 Å². The molecule has 2 aromatic rings. The number of carbonyl (C=O) groups excluding carboxylic acids is 1. The normalized spacial score (nSPS) is 13.2. The highest BCUT2D eigenvalue weighted by atomic mass is 16.5. The molecule has 0 aliphatic heterocycles. The Hall–Kier alpha value is -2.24. The molecule has 0 aliphatic carbocycles. The summed E-state index contributed by atoms with van der Waals surface area (Å²) in [5, 5.41) is 2.95. The maximum atomic E-state index is 12.3. The van der Waals surface area contributed by atoms with Crippen LogP contribution >= 0.6 is 0 Å². The second-order valence-corrected chi connectivity index (χ2v) is 6.11. The van der Waals surface area contributed by atoms with Gasteiger partial charge in [0.25, 0.3) is 0 Å². The number of aromatic nitrogens is 2. The number of nitrogen functional groups attached to an aromatic ring is 1. The average molecular weight is 290 g/mol. The van der Waals surface area contributed by atoms with Gasteiger partial charge in [0.05, 0.1) is 18.1 Å². The first kappa shape index (κ1) is 15.2. The molecule has 21 heavy (non-hydrogen) atoms. The fraction of sp³-hybridized carbons (Fsp3) is 0.467. The summed E-state index contributed by atoms with van der Waals surface area (Å²) in [5.41, 5.74) is 7.21. The molecule has 0 saturated heterocycles. The average Bonchev–Trinajstić information content (AvgIpc) is 2.70. The summed E-state index contributed by atoms with van der Waals surface area (Å²) in [5.74, 6) is 0.929. The van der Waals surface area contributed by atoms with Gasteiger partial charge >= 0.3 is 0 Å². The van der Waals surface area contributed by atoms with Crippen LogP contribution in [0.2, 0.25) is 0 Å². The number of ether oxygens (including phenoxy) is 1. The smallest absolute Gasteiger partial charge is 0.243 e. The minimum absolute atomic E-state index is 0.0932. The van der Waals surface area contributed by atoms with Crippen LogP contribution in [-0.2, 0) is 4.79 Å². The summed E-state index contributed by atoms with van der Waals surface area (Å²) >= 11 is 0. The van der Waals surface area contributed by atoms with Crippen molar-refractivity contribution in [2.75, 3.05) is 12.8 Å². The van der Waals surface area contributed by atoms with Crippen LogP contribution in [0.5, 0.6) is 5.75 Å². The van der Waals surface area contributed by atoms with Crippen molar-refractivity contribution in [3.05, 3.63) is 18.2 Å². The van der Waals surface area contributed by atoms with E-state index in [1.165, 1.54) is 0 Å². The summed E-state index contributed by atoms with van der Waals surface area (Å²) in [6.45, 7) is 7.64. The van der Waals surface area contributed by atoms with Gasteiger partial charge in [0.1, 0.15) is 11.8 Å².